The van der Waals surface area contributed by atoms with Gasteiger partial charge < -0.3 is 15.4 Å². The Balaban J connectivity index is 1.90. The summed E-state index contributed by atoms with van der Waals surface area (Å²) in [6, 6.07) is 9.94. The fourth-order valence-electron chi connectivity index (χ4n) is 3.10. The number of carbonyl (C=O) groups excluding carboxylic acids is 1. The lowest BCUT2D eigenvalue weighted by Crippen LogP contribution is -2.40. The van der Waals surface area contributed by atoms with Gasteiger partial charge in [0, 0.05) is 25.2 Å². The van der Waals surface area contributed by atoms with Crippen LogP contribution in [-0.4, -0.2) is 51.5 Å². The molecule has 162 valence electrons. The number of morpholine rings is 1. The number of nitrogens with one attached hydrogen (secondary N) is 2. The molecule has 0 unspecified atom stereocenters. The zero-order valence-electron chi connectivity index (χ0n) is 16.9. The Morgan fingerprint density at radius 2 is 1.90 bits per heavy atom. The Labute approximate surface area is 176 Å². The van der Waals surface area contributed by atoms with E-state index in [2.05, 4.69) is 17.6 Å². The maximum absolute atomic E-state index is 13.5. The van der Waals surface area contributed by atoms with Crippen molar-refractivity contribution in [3.05, 3.63) is 53.8 Å². The Bertz CT molecular complexity index is 991. The molecule has 0 bridgehead atoms. The third kappa shape index (κ3) is 5.35. The molecular weight excluding hydrogens is 409 g/mol. The molecule has 1 heterocycles. The van der Waals surface area contributed by atoms with Gasteiger partial charge in [0.25, 0.3) is 5.91 Å². The zero-order chi connectivity index (χ0) is 21.6. The van der Waals surface area contributed by atoms with Gasteiger partial charge in [0.15, 0.2) is 0 Å². The van der Waals surface area contributed by atoms with Crippen LogP contribution in [0.5, 0.6) is 0 Å². The Kier molecular flexibility index (Phi) is 7.41. The first-order valence-corrected chi connectivity index (χ1v) is 11.4. The van der Waals surface area contributed by atoms with E-state index in [0.717, 1.165) is 18.9 Å². The molecule has 0 radical (unpaired) electrons. The number of benzene rings is 2. The highest BCUT2D eigenvalue weighted by Gasteiger charge is 2.27. The monoisotopic (exact) mass is 435 g/mol. The van der Waals surface area contributed by atoms with Crippen LogP contribution in [0, 0.1) is 5.82 Å². The molecular formula is C21H26FN3O4S. The second-order valence-corrected chi connectivity index (χ2v) is 8.91. The van der Waals surface area contributed by atoms with Gasteiger partial charge in [-0.25, -0.2) is 12.8 Å². The summed E-state index contributed by atoms with van der Waals surface area (Å²) in [4.78, 5) is 12.7. The summed E-state index contributed by atoms with van der Waals surface area (Å²) in [5.74, 6) is -1.04. The molecule has 0 spiro atoms. The molecule has 2 aromatic rings. The second-order valence-electron chi connectivity index (χ2n) is 6.97. The van der Waals surface area contributed by atoms with E-state index in [1.54, 1.807) is 6.07 Å². The van der Waals surface area contributed by atoms with Crippen molar-refractivity contribution >= 4 is 27.3 Å². The highest BCUT2D eigenvalue weighted by Crippen LogP contribution is 2.28. The van der Waals surface area contributed by atoms with E-state index >= 15 is 0 Å². The van der Waals surface area contributed by atoms with Crippen LogP contribution in [0.3, 0.4) is 0 Å². The van der Waals surface area contributed by atoms with Crippen LogP contribution in [0.4, 0.5) is 15.8 Å². The number of ether oxygens (including phenoxy) is 1. The van der Waals surface area contributed by atoms with Crippen molar-refractivity contribution in [2.45, 2.75) is 24.7 Å². The van der Waals surface area contributed by atoms with Crippen molar-refractivity contribution in [2.24, 2.45) is 0 Å². The number of amides is 1. The summed E-state index contributed by atoms with van der Waals surface area (Å²) in [5, 5.41) is 5.94. The average Bonchev–Trinajstić information content (AvgIpc) is 2.75. The molecule has 2 aromatic carbocycles. The summed E-state index contributed by atoms with van der Waals surface area (Å²) in [5.41, 5.74) is 1.08. The number of hydrogen-bond acceptors (Lipinski definition) is 5. The minimum absolute atomic E-state index is 0.0833. The minimum atomic E-state index is -3.72. The lowest BCUT2D eigenvalue weighted by Gasteiger charge is -2.26. The van der Waals surface area contributed by atoms with Crippen LogP contribution < -0.4 is 10.6 Å². The lowest BCUT2D eigenvalue weighted by molar-refractivity contribution is 0.0730. The molecule has 7 nitrogen and oxygen atoms in total. The Morgan fingerprint density at radius 1 is 1.13 bits per heavy atom. The smallest absolute Gasteiger partial charge is 0.255 e. The predicted molar refractivity (Wildman–Crippen MR) is 114 cm³/mol. The maximum atomic E-state index is 13.5. The molecule has 1 aliphatic heterocycles. The normalized spacial score (nSPS) is 15.0. The molecule has 0 saturated carbocycles. The van der Waals surface area contributed by atoms with Crippen molar-refractivity contribution in [3.63, 3.8) is 0 Å². The van der Waals surface area contributed by atoms with Gasteiger partial charge in [0.05, 0.1) is 29.5 Å². The first-order valence-electron chi connectivity index (χ1n) is 9.94. The van der Waals surface area contributed by atoms with Crippen LogP contribution in [0.1, 0.15) is 30.1 Å². The standard InChI is InChI=1S/C21H26FN3O4S/c1-2-3-9-23-19-8-7-18(30(27,28)25-10-12-29-13-11-25)15-20(19)24-21(26)16-5-4-6-17(22)14-16/h4-8,14-15,23H,2-3,9-13H2,1H3,(H,24,26). The number of anilines is 2. The molecule has 1 amide bonds. The third-order valence-corrected chi connectivity index (χ3v) is 6.67. The summed E-state index contributed by atoms with van der Waals surface area (Å²) in [6.07, 6.45) is 1.91. The van der Waals surface area contributed by atoms with E-state index in [9.17, 15) is 17.6 Å². The molecule has 1 saturated heterocycles. The number of nitrogens with zero attached hydrogens (tertiary/aromatic N) is 1. The molecule has 1 fully saturated rings. The summed E-state index contributed by atoms with van der Waals surface area (Å²) < 4.78 is 46.1. The van der Waals surface area contributed by atoms with Crippen LogP contribution in [0.2, 0.25) is 0 Å². The maximum Gasteiger partial charge on any atom is 0.255 e. The molecule has 0 aromatic heterocycles. The first-order chi connectivity index (χ1) is 14.4. The third-order valence-electron chi connectivity index (χ3n) is 4.78. The average molecular weight is 436 g/mol. The summed E-state index contributed by atoms with van der Waals surface area (Å²) >= 11 is 0. The van der Waals surface area contributed by atoms with Gasteiger partial charge in [-0.3, -0.25) is 4.79 Å². The van der Waals surface area contributed by atoms with E-state index < -0.39 is 21.7 Å². The quantitative estimate of drug-likeness (QED) is 0.621. The lowest BCUT2D eigenvalue weighted by atomic mass is 10.2. The summed E-state index contributed by atoms with van der Waals surface area (Å²) in [7, 11) is -3.72. The molecule has 0 atom stereocenters. The first kappa shape index (κ1) is 22.2. The van der Waals surface area contributed by atoms with Crippen molar-refractivity contribution in [2.75, 3.05) is 43.5 Å². The molecule has 2 N–H and O–H groups in total. The van der Waals surface area contributed by atoms with Gasteiger partial charge in [-0.1, -0.05) is 19.4 Å². The fourth-order valence-corrected chi connectivity index (χ4v) is 4.54. The van der Waals surface area contributed by atoms with Crippen molar-refractivity contribution in [1.29, 1.82) is 0 Å². The number of hydrogen-bond donors (Lipinski definition) is 2. The van der Waals surface area contributed by atoms with Crippen LogP contribution >= 0.6 is 0 Å². The van der Waals surface area contributed by atoms with Gasteiger partial charge in [-0.05, 0) is 42.8 Å². The molecule has 1 aliphatic rings. The van der Waals surface area contributed by atoms with Gasteiger partial charge in [-0.2, -0.15) is 4.31 Å². The number of unbranched alkanes of at least 4 members (excludes halogenated alkanes) is 1. The Morgan fingerprint density at radius 3 is 2.60 bits per heavy atom. The molecule has 9 heteroatoms. The minimum Gasteiger partial charge on any atom is -0.383 e. The van der Waals surface area contributed by atoms with Crippen molar-refractivity contribution < 1.29 is 22.3 Å². The highest BCUT2D eigenvalue weighted by atomic mass is 32.2. The number of halogens is 1. The zero-order valence-corrected chi connectivity index (χ0v) is 17.7. The predicted octanol–water partition coefficient (Wildman–Crippen LogP) is 3.31. The molecule has 0 aliphatic carbocycles. The number of rotatable bonds is 8. The van der Waals surface area contributed by atoms with E-state index in [4.69, 9.17) is 4.74 Å². The van der Waals surface area contributed by atoms with Crippen LogP contribution in [-0.2, 0) is 14.8 Å². The highest BCUT2D eigenvalue weighted by molar-refractivity contribution is 7.89. The summed E-state index contributed by atoms with van der Waals surface area (Å²) in [6.45, 7) is 3.99. The second kappa shape index (κ2) is 10.0. The van der Waals surface area contributed by atoms with E-state index in [0.29, 0.717) is 31.1 Å². The van der Waals surface area contributed by atoms with Crippen molar-refractivity contribution in [3.8, 4) is 0 Å². The van der Waals surface area contributed by atoms with Crippen LogP contribution in [0.15, 0.2) is 47.4 Å². The van der Waals surface area contributed by atoms with E-state index in [-0.39, 0.29) is 23.5 Å². The number of sulfonamides is 1. The SMILES string of the molecule is CCCCNc1ccc(S(=O)(=O)N2CCOCC2)cc1NC(=O)c1cccc(F)c1. The van der Waals surface area contributed by atoms with Gasteiger partial charge in [0.1, 0.15) is 5.82 Å². The fraction of sp³-hybridized carbons (Fsp3) is 0.381. The van der Waals surface area contributed by atoms with Gasteiger partial charge in [0.2, 0.25) is 10.0 Å². The van der Waals surface area contributed by atoms with E-state index in [1.807, 2.05) is 0 Å². The topological polar surface area (TPSA) is 87.7 Å². The molecule has 3 rings (SSSR count). The van der Waals surface area contributed by atoms with Crippen LogP contribution in [0.25, 0.3) is 0 Å². The largest absolute Gasteiger partial charge is 0.383 e. The van der Waals surface area contributed by atoms with Crippen molar-refractivity contribution in [1.82, 2.24) is 4.31 Å². The van der Waals surface area contributed by atoms with Gasteiger partial charge >= 0.3 is 0 Å². The molecule has 30 heavy (non-hydrogen) atoms. The van der Waals surface area contributed by atoms with Gasteiger partial charge in [-0.15, -0.1) is 0 Å². The number of carbonyl (C=O) groups is 1. The van der Waals surface area contributed by atoms with E-state index in [1.165, 1.54) is 34.6 Å². The Hall–Kier alpha value is -2.49.